The van der Waals surface area contributed by atoms with Gasteiger partial charge in [-0.15, -0.1) is 0 Å². The molecule has 1 atom stereocenters. The van der Waals surface area contributed by atoms with Gasteiger partial charge in [0.25, 0.3) is 0 Å². The highest BCUT2D eigenvalue weighted by Crippen LogP contribution is 2.30. The SMILES string of the molecule is COc1ccc(/C=C/[C@@](C)(/C=C/c2ccc(O)cc2)CCC=C(C)C)cc1CO. The van der Waals surface area contributed by atoms with E-state index in [-0.39, 0.29) is 17.8 Å². The zero-order valence-corrected chi connectivity index (χ0v) is 17.9. The lowest BCUT2D eigenvalue weighted by Gasteiger charge is -2.22. The molecular weight excluding hydrogens is 360 g/mol. The summed E-state index contributed by atoms with van der Waals surface area (Å²) in [4.78, 5) is 0. The average molecular weight is 393 g/mol. The second-order valence-electron chi connectivity index (χ2n) is 7.81. The molecule has 0 aliphatic carbocycles. The molecule has 0 unspecified atom stereocenters. The van der Waals surface area contributed by atoms with Gasteiger partial charge in [0.05, 0.1) is 13.7 Å². The standard InChI is InChI=1S/C26H32O3/c1-20(2)6-5-15-26(3,16-13-21-7-10-24(28)11-8-21)17-14-22-9-12-25(29-4)23(18-22)19-27/h6-14,16-18,27-28H,5,15,19H2,1-4H3/b16-13+,17-14+/t26-/m1/s1. The van der Waals surface area contributed by atoms with E-state index in [0.717, 1.165) is 29.5 Å². The molecule has 0 aliphatic heterocycles. The van der Waals surface area contributed by atoms with Gasteiger partial charge in [0.15, 0.2) is 0 Å². The molecule has 0 radical (unpaired) electrons. The number of allylic oxidation sites excluding steroid dienone is 4. The second-order valence-corrected chi connectivity index (χ2v) is 7.81. The van der Waals surface area contributed by atoms with Gasteiger partial charge in [0.1, 0.15) is 11.5 Å². The van der Waals surface area contributed by atoms with E-state index in [0.29, 0.717) is 5.75 Å². The Kier molecular flexibility index (Phi) is 8.29. The number of hydrogen-bond acceptors (Lipinski definition) is 3. The van der Waals surface area contributed by atoms with Crippen LogP contribution in [0.1, 0.15) is 50.3 Å². The van der Waals surface area contributed by atoms with Crippen LogP contribution in [0.3, 0.4) is 0 Å². The first-order valence-corrected chi connectivity index (χ1v) is 9.94. The summed E-state index contributed by atoms with van der Waals surface area (Å²) in [7, 11) is 1.61. The van der Waals surface area contributed by atoms with Crippen LogP contribution in [0.4, 0.5) is 0 Å². The number of phenolic OH excluding ortho intramolecular Hbond substituents is 1. The minimum atomic E-state index is -0.136. The number of phenols is 1. The van der Waals surface area contributed by atoms with Crippen molar-refractivity contribution in [1.29, 1.82) is 0 Å². The minimum Gasteiger partial charge on any atom is -0.508 e. The van der Waals surface area contributed by atoms with E-state index in [9.17, 15) is 10.2 Å². The number of methoxy groups -OCH3 is 1. The molecule has 154 valence electrons. The van der Waals surface area contributed by atoms with Gasteiger partial charge in [-0.3, -0.25) is 0 Å². The maximum Gasteiger partial charge on any atom is 0.124 e. The van der Waals surface area contributed by atoms with Crippen molar-refractivity contribution in [1.82, 2.24) is 0 Å². The molecule has 0 spiro atoms. The van der Waals surface area contributed by atoms with E-state index in [4.69, 9.17) is 4.74 Å². The highest BCUT2D eigenvalue weighted by Gasteiger charge is 2.16. The number of hydrogen-bond donors (Lipinski definition) is 2. The lowest BCUT2D eigenvalue weighted by molar-refractivity contribution is 0.274. The molecule has 0 aliphatic rings. The Hall–Kier alpha value is -2.78. The summed E-state index contributed by atoms with van der Waals surface area (Å²) in [6.07, 6.45) is 12.9. The largest absolute Gasteiger partial charge is 0.508 e. The van der Waals surface area contributed by atoms with Gasteiger partial charge in [0.2, 0.25) is 0 Å². The molecule has 0 amide bonds. The van der Waals surface area contributed by atoms with Crippen molar-refractivity contribution in [3.63, 3.8) is 0 Å². The van der Waals surface area contributed by atoms with Crippen molar-refractivity contribution in [3.8, 4) is 11.5 Å². The molecule has 0 saturated carbocycles. The number of aliphatic hydroxyl groups is 1. The maximum atomic E-state index is 9.56. The Morgan fingerprint density at radius 2 is 1.62 bits per heavy atom. The van der Waals surface area contributed by atoms with E-state index in [2.05, 4.69) is 51.2 Å². The summed E-state index contributed by atoms with van der Waals surface area (Å²) in [6, 6.07) is 13.0. The highest BCUT2D eigenvalue weighted by molar-refractivity contribution is 5.56. The summed E-state index contributed by atoms with van der Waals surface area (Å²) in [5.74, 6) is 0.968. The van der Waals surface area contributed by atoms with E-state index in [1.165, 1.54) is 5.57 Å². The molecule has 0 saturated heterocycles. The van der Waals surface area contributed by atoms with E-state index in [1.54, 1.807) is 19.2 Å². The monoisotopic (exact) mass is 392 g/mol. The molecule has 0 aromatic heterocycles. The van der Waals surface area contributed by atoms with Gasteiger partial charge in [-0.25, -0.2) is 0 Å². The first-order valence-electron chi connectivity index (χ1n) is 9.94. The summed E-state index contributed by atoms with van der Waals surface area (Å²) in [5.41, 5.74) is 4.04. The lowest BCUT2D eigenvalue weighted by atomic mass is 9.83. The van der Waals surface area contributed by atoms with Crippen molar-refractivity contribution in [2.75, 3.05) is 7.11 Å². The smallest absolute Gasteiger partial charge is 0.124 e. The molecule has 0 bridgehead atoms. The third kappa shape index (κ3) is 7.28. The third-order valence-corrected chi connectivity index (χ3v) is 4.92. The first-order chi connectivity index (χ1) is 13.8. The fourth-order valence-electron chi connectivity index (χ4n) is 3.08. The Balaban J connectivity index is 2.27. The molecule has 2 aromatic carbocycles. The predicted octanol–water partition coefficient (Wildman–Crippen LogP) is 6.37. The summed E-state index contributed by atoms with van der Waals surface area (Å²) < 4.78 is 5.29. The molecule has 2 rings (SSSR count). The quantitative estimate of drug-likeness (QED) is 0.487. The summed E-state index contributed by atoms with van der Waals surface area (Å²) in [6.45, 7) is 6.40. The number of aliphatic hydroxyl groups excluding tert-OH is 1. The third-order valence-electron chi connectivity index (χ3n) is 4.92. The van der Waals surface area contributed by atoms with Gasteiger partial charge < -0.3 is 14.9 Å². The van der Waals surface area contributed by atoms with Gasteiger partial charge >= 0.3 is 0 Å². The maximum absolute atomic E-state index is 9.56. The Morgan fingerprint density at radius 1 is 1.00 bits per heavy atom. The van der Waals surface area contributed by atoms with Gasteiger partial charge in [-0.05, 0) is 62.1 Å². The van der Waals surface area contributed by atoms with Crippen LogP contribution < -0.4 is 4.74 Å². The zero-order chi connectivity index (χ0) is 21.3. The average Bonchev–Trinajstić information content (AvgIpc) is 2.71. The van der Waals surface area contributed by atoms with Crippen LogP contribution >= 0.6 is 0 Å². The van der Waals surface area contributed by atoms with E-state index >= 15 is 0 Å². The van der Waals surface area contributed by atoms with Gasteiger partial charge in [-0.1, -0.05) is 61.1 Å². The van der Waals surface area contributed by atoms with Crippen LogP contribution in [0.2, 0.25) is 0 Å². The van der Waals surface area contributed by atoms with Crippen LogP contribution in [0.25, 0.3) is 12.2 Å². The molecule has 2 aromatic rings. The number of ether oxygens (including phenoxy) is 1. The van der Waals surface area contributed by atoms with Crippen molar-refractivity contribution in [2.45, 2.75) is 40.2 Å². The predicted molar refractivity (Wildman–Crippen MR) is 122 cm³/mol. The Labute approximate surface area is 174 Å². The van der Waals surface area contributed by atoms with E-state index < -0.39 is 0 Å². The van der Waals surface area contributed by atoms with Crippen molar-refractivity contribution in [3.05, 3.63) is 83.0 Å². The molecule has 0 fully saturated rings. The summed E-state index contributed by atoms with van der Waals surface area (Å²) in [5, 5.41) is 19.0. The number of rotatable bonds is 9. The lowest BCUT2D eigenvalue weighted by Crippen LogP contribution is -2.09. The zero-order valence-electron chi connectivity index (χ0n) is 17.9. The molecule has 3 nitrogen and oxygen atoms in total. The molecule has 3 heteroatoms. The van der Waals surface area contributed by atoms with Crippen LogP contribution in [0, 0.1) is 5.41 Å². The van der Waals surface area contributed by atoms with Crippen molar-refractivity contribution in [2.24, 2.45) is 5.41 Å². The van der Waals surface area contributed by atoms with E-state index in [1.807, 2.05) is 30.3 Å². The fraction of sp³-hybridized carbons (Fsp3) is 0.308. The number of benzene rings is 2. The Morgan fingerprint density at radius 3 is 2.21 bits per heavy atom. The van der Waals surface area contributed by atoms with Crippen molar-refractivity contribution >= 4 is 12.2 Å². The molecule has 0 heterocycles. The van der Waals surface area contributed by atoms with Crippen LogP contribution in [-0.2, 0) is 6.61 Å². The normalized spacial score (nSPS) is 13.6. The highest BCUT2D eigenvalue weighted by atomic mass is 16.5. The van der Waals surface area contributed by atoms with Crippen molar-refractivity contribution < 1.29 is 14.9 Å². The Bertz CT molecular complexity index is 871. The van der Waals surface area contributed by atoms with Crippen LogP contribution in [-0.4, -0.2) is 17.3 Å². The molecule has 29 heavy (non-hydrogen) atoms. The summed E-state index contributed by atoms with van der Waals surface area (Å²) >= 11 is 0. The van der Waals surface area contributed by atoms with Gasteiger partial charge in [0, 0.05) is 11.0 Å². The number of aromatic hydroxyl groups is 1. The topological polar surface area (TPSA) is 49.7 Å². The van der Waals surface area contributed by atoms with Crippen LogP contribution in [0.15, 0.2) is 66.3 Å². The van der Waals surface area contributed by atoms with Crippen LogP contribution in [0.5, 0.6) is 11.5 Å². The fourth-order valence-corrected chi connectivity index (χ4v) is 3.08. The minimum absolute atomic E-state index is 0.0521. The molecule has 2 N–H and O–H groups in total. The second kappa shape index (κ2) is 10.7. The van der Waals surface area contributed by atoms with Gasteiger partial charge in [-0.2, -0.15) is 0 Å². The molecular formula is C26H32O3. The first kappa shape index (κ1) is 22.5.